The lowest BCUT2D eigenvalue weighted by molar-refractivity contribution is 0.291. The third-order valence-electron chi connectivity index (χ3n) is 4.54. The van der Waals surface area contributed by atoms with Crippen LogP contribution in [0.15, 0.2) is 29.3 Å². The molecule has 0 aromatic heterocycles. The normalized spacial score (nSPS) is 16.0. The molecule has 1 aliphatic rings. The molecule has 0 radical (unpaired) electrons. The van der Waals surface area contributed by atoms with Gasteiger partial charge in [0.05, 0.1) is 7.11 Å². The number of benzene rings is 1. The average Bonchev–Trinajstić information content (AvgIpc) is 3.13. The summed E-state index contributed by atoms with van der Waals surface area (Å²) in [6, 6.07) is 8.24. The number of nitrogens with zero attached hydrogens (tertiary/aromatic N) is 2. The van der Waals surface area contributed by atoms with Crippen molar-refractivity contribution in [2.75, 3.05) is 46.4 Å². The Kier molecular flexibility index (Phi) is 11.7. The van der Waals surface area contributed by atoms with Crippen molar-refractivity contribution >= 4 is 29.9 Å². The molecule has 1 aliphatic heterocycles. The Morgan fingerprint density at radius 2 is 1.88 bits per heavy atom. The van der Waals surface area contributed by atoms with Crippen molar-refractivity contribution in [3.63, 3.8) is 0 Å². The first-order chi connectivity index (χ1) is 12.2. The van der Waals surface area contributed by atoms with Crippen LogP contribution in [0.25, 0.3) is 0 Å². The van der Waals surface area contributed by atoms with Crippen molar-refractivity contribution < 1.29 is 4.74 Å². The molecule has 1 atom stereocenters. The number of hydrogen-bond donors (Lipinski definition) is 2. The Morgan fingerprint density at radius 1 is 1.19 bits per heavy atom. The number of aliphatic imine (C=N–C) groups is 1. The van der Waals surface area contributed by atoms with Crippen molar-refractivity contribution in [2.45, 2.75) is 33.1 Å². The Balaban J connectivity index is 0.00000338. The number of methoxy groups -OCH3 is 1. The molecular formula is C20H35IN4O. The van der Waals surface area contributed by atoms with Crippen LogP contribution in [0.5, 0.6) is 5.75 Å². The molecule has 1 heterocycles. The molecule has 1 saturated heterocycles. The lowest BCUT2D eigenvalue weighted by Crippen LogP contribution is -2.39. The number of nitrogens with one attached hydrogen (secondary N) is 2. The Hall–Kier alpha value is -1.02. The van der Waals surface area contributed by atoms with Crippen molar-refractivity contribution in [2.24, 2.45) is 10.9 Å². The van der Waals surface area contributed by atoms with Gasteiger partial charge in [-0.1, -0.05) is 19.1 Å². The molecule has 2 rings (SSSR count). The molecule has 0 bridgehead atoms. The minimum atomic E-state index is 0. The third kappa shape index (κ3) is 8.58. The van der Waals surface area contributed by atoms with E-state index in [9.17, 15) is 0 Å². The summed E-state index contributed by atoms with van der Waals surface area (Å²) in [5.41, 5.74) is 1.30. The largest absolute Gasteiger partial charge is 0.497 e. The first kappa shape index (κ1) is 23.0. The summed E-state index contributed by atoms with van der Waals surface area (Å²) in [5.74, 6) is 2.41. The van der Waals surface area contributed by atoms with E-state index in [1.807, 2.05) is 12.1 Å². The smallest absolute Gasteiger partial charge is 0.191 e. The second kappa shape index (κ2) is 13.2. The molecule has 5 nitrogen and oxygen atoms in total. The molecule has 1 aromatic carbocycles. The quantitative estimate of drug-likeness (QED) is 0.328. The minimum absolute atomic E-state index is 0. The third-order valence-corrected chi connectivity index (χ3v) is 4.54. The molecule has 26 heavy (non-hydrogen) atoms. The van der Waals surface area contributed by atoms with Gasteiger partial charge in [-0.05, 0) is 62.9 Å². The Bertz CT molecular complexity index is 515. The van der Waals surface area contributed by atoms with E-state index in [0.29, 0.717) is 5.92 Å². The standard InChI is InChI=1S/C20H34N4O.HI/c1-4-21-20(23-15-17(2)16-24-13-5-6-14-24)22-12-11-18-7-9-19(25-3)10-8-18;/h7-10,17H,4-6,11-16H2,1-3H3,(H2,21,22,23);1H. The maximum atomic E-state index is 5.20. The zero-order valence-electron chi connectivity index (χ0n) is 16.5. The molecule has 1 fully saturated rings. The van der Waals surface area contributed by atoms with Crippen molar-refractivity contribution in [3.8, 4) is 5.75 Å². The average molecular weight is 474 g/mol. The summed E-state index contributed by atoms with van der Waals surface area (Å²) in [6.07, 6.45) is 3.68. The summed E-state index contributed by atoms with van der Waals surface area (Å²) >= 11 is 0. The van der Waals surface area contributed by atoms with Crippen molar-refractivity contribution in [3.05, 3.63) is 29.8 Å². The van der Waals surface area contributed by atoms with Crippen LogP contribution in [0.3, 0.4) is 0 Å². The summed E-state index contributed by atoms with van der Waals surface area (Å²) in [4.78, 5) is 7.32. The van der Waals surface area contributed by atoms with Crippen LogP contribution >= 0.6 is 24.0 Å². The molecule has 0 aliphatic carbocycles. The van der Waals surface area contributed by atoms with E-state index in [2.05, 4.69) is 41.5 Å². The first-order valence-corrected chi connectivity index (χ1v) is 9.58. The number of hydrogen-bond acceptors (Lipinski definition) is 3. The van der Waals surface area contributed by atoms with Gasteiger partial charge in [-0.3, -0.25) is 4.99 Å². The number of likely N-dealkylation sites (tertiary alicyclic amines) is 1. The number of guanidine groups is 1. The van der Waals surface area contributed by atoms with Crippen LogP contribution in [0, 0.1) is 5.92 Å². The van der Waals surface area contributed by atoms with Crippen LogP contribution in [-0.2, 0) is 6.42 Å². The summed E-state index contributed by atoms with van der Waals surface area (Å²) in [5, 5.41) is 6.78. The van der Waals surface area contributed by atoms with Crippen LogP contribution in [0.1, 0.15) is 32.3 Å². The van der Waals surface area contributed by atoms with Gasteiger partial charge in [-0.15, -0.1) is 24.0 Å². The predicted molar refractivity (Wildman–Crippen MR) is 121 cm³/mol. The molecule has 2 N–H and O–H groups in total. The fourth-order valence-electron chi connectivity index (χ4n) is 3.17. The van der Waals surface area contributed by atoms with Crippen LogP contribution in [0.2, 0.25) is 0 Å². The second-order valence-electron chi connectivity index (χ2n) is 6.86. The molecule has 0 amide bonds. The highest BCUT2D eigenvalue weighted by Gasteiger charge is 2.14. The monoisotopic (exact) mass is 474 g/mol. The highest BCUT2D eigenvalue weighted by atomic mass is 127. The number of halogens is 1. The van der Waals surface area contributed by atoms with Gasteiger partial charge in [0.2, 0.25) is 0 Å². The van der Waals surface area contributed by atoms with E-state index in [1.165, 1.54) is 31.5 Å². The van der Waals surface area contributed by atoms with E-state index in [4.69, 9.17) is 9.73 Å². The van der Waals surface area contributed by atoms with E-state index < -0.39 is 0 Å². The van der Waals surface area contributed by atoms with Crippen LogP contribution in [-0.4, -0.2) is 57.2 Å². The maximum Gasteiger partial charge on any atom is 0.191 e. The SMILES string of the molecule is CCNC(=NCC(C)CN1CCCC1)NCCc1ccc(OC)cc1.I. The molecule has 1 unspecified atom stereocenters. The van der Waals surface area contributed by atoms with E-state index in [1.54, 1.807) is 7.11 Å². The molecule has 148 valence electrons. The van der Waals surface area contributed by atoms with Crippen molar-refractivity contribution in [1.29, 1.82) is 0 Å². The van der Waals surface area contributed by atoms with Gasteiger partial charge >= 0.3 is 0 Å². The van der Waals surface area contributed by atoms with Crippen molar-refractivity contribution in [1.82, 2.24) is 15.5 Å². The van der Waals surface area contributed by atoms with Crippen LogP contribution in [0.4, 0.5) is 0 Å². The van der Waals surface area contributed by atoms with Gasteiger partial charge in [-0.25, -0.2) is 0 Å². The zero-order valence-corrected chi connectivity index (χ0v) is 18.8. The summed E-state index contributed by atoms with van der Waals surface area (Å²) < 4.78 is 5.20. The van der Waals surface area contributed by atoms with Crippen LogP contribution < -0.4 is 15.4 Å². The maximum absolute atomic E-state index is 5.20. The van der Waals surface area contributed by atoms with E-state index in [0.717, 1.165) is 44.3 Å². The molecule has 1 aromatic rings. The highest BCUT2D eigenvalue weighted by Crippen LogP contribution is 2.11. The summed E-state index contributed by atoms with van der Waals surface area (Å²) in [6.45, 7) is 10.7. The number of ether oxygens (including phenoxy) is 1. The van der Waals surface area contributed by atoms with E-state index >= 15 is 0 Å². The zero-order chi connectivity index (χ0) is 17.9. The van der Waals surface area contributed by atoms with Gasteiger partial charge < -0.3 is 20.3 Å². The van der Waals surface area contributed by atoms with Gasteiger partial charge in [0.1, 0.15) is 5.75 Å². The van der Waals surface area contributed by atoms with Gasteiger partial charge in [0.15, 0.2) is 5.96 Å². The van der Waals surface area contributed by atoms with Gasteiger partial charge in [0.25, 0.3) is 0 Å². The minimum Gasteiger partial charge on any atom is -0.497 e. The van der Waals surface area contributed by atoms with Gasteiger partial charge in [-0.2, -0.15) is 0 Å². The molecule has 0 spiro atoms. The van der Waals surface area contributed by atoms with Gasteiger partial charge in [0, 0.05) is 26.2 Å². The Morgan fingerprint density at radius 3 is 2.50 bits per heavy atom. The van der Waals surface area contributed by atoms with E-state index in [-0.39, 0.29) is 24.0 Å². The Labute approximate surface area is 176 Å². The topological polar surface area (TPSA) is 48.9 Å². The second-order valence-corrected chi connectivity index (χ2v) is 6.86. The fraction of sp³-hybridized carbons (Fsp3) is 0.650. The number of rotatable bonds is 9. The summed E-state index contributed by atoms with van der Waals surface area (Å²) in [7, 11) is 1.69. The highest BCUT2D eigenvalue weighted by molar-refractivity contribution is 14.0. The molecule has 6 heteroatoms. The first-order valence-electron chi connectivity index (χ1n) is 9.58. The lowest BCUT2D eigenvalue weighted by atomic mass is 10.1. The fourth-order valence-corrected chi connectivity index (χ4v) is 3.17. The molecule has 0 saturated carbocycles. The molecular weight excluding hydrogens is 439 g/mol. The predicted octanol–water partition coefficient (Wildman–Crippen LogP) is 3.14. The lowest BCUT2D eigenvalue weighted by Gasteiger charge is -2.19.